The largest absolute Gasteiger partial charge is 0.486 e. The summed E-state index contributed by atoms with van der Waals surface area (Å²) in [5, 5.41) is 18.6. The van der Waals surface area contributed by atoms with Gasteiger partial charge in [0.1, 0.15) is 12.4 Å². The molecule has 0 bridgehead atoms. The molecule has 6 heteroatoms. The van der Waals surface area contributed by atoms with Crippen LogP contribution in [0.1, 0.15) is 102 Å². The Morgan fingerprint density at radius 3 is 1.94 bits per heavy atom. The van der Waals surface area contributed by atoms with Gasteiger partial charge in [-0.15, -0.1) is 0 Å². The number of carbonyl (C=O) groups excluding carboxylic acids is 2. The average molecular weight is 501 g/mol. The zero-order chi connectivity index (χ0) is 26.4. The molecule has 1 aromatic carbocycles. The normalized spacial score (nSPS) is 12.3. The molecule has 200 valence electrons. The summed E-state index contributed by atoms with van der Waals surface area (Å²) in [5.74, 6) is -1.77. The number of aliphatic hydroxyl groups is 1. The Hall–Kier alpha value is -2.73. The summed E-state index contributed by atoms with van der Waals surface area (Å²) in [5.41, 5.74) is 0.672. The van der Waals surface area contributed by atoms with Gasteiger partial charge in [-0.3, -0.25) is 9.59 Å². The molecular weight excluding hydrogens is 456 g/mol. The lowest BCUT2D eigenvalue weighted by molar-refractivity contribution is -0.139. The number of unbranched alkanes of at least 4 members (excludes halogenated alkanes) is 11. The second kappa shape index (κ2) is 20.5. The van der Waals surface area contributed by atoms with Crippen LogP contribution >= 0.6 is 0 Å². The van der Waals surface area contributed by atoms with Crippen LogP contribution in [-0.2, 0) is 14.4 Å². The van der Waals surface area contributed by atoms with Gasteiger partial charge in [0.2, 0.25) is 5.78 Å². The summed E-state index contributed by atoms with van der Waals surface area (Å²) < 4.78 is 5.34. The van der Waals surface area contributed by atoms with Crippen LogP contribution in [0.5, 0.6) is 5.75 Å². The molecule has 1 rings (SSSR count). The molecule has 0 aliphatic heterocycles. The third-order valence-electron chi connectivity index (χ3n) is 5.97. The average Bonchev–Trinajstić information content (AvgIpc) is 2.88. The number of carbonyl (C=O) groups is 3. The monoisotopic (exact) mass is 500 g/mol. The fourth-order valence-corrected chi connectivity index (χ4v) is 3.76. The predicted octanol–water partition coefficient (Wildman–Crippen LogP) is 6.70. The van der Waals surface area contributed by atoms with Crippen LogP contribution < -0.4 is 4.74 Å². The maximum Gasteiger partial charge on any atom is 0.328 e. The fraction of sp³-hybridized carbons (Fsp3) is 0.567. The van der Waals surface area contributed by atoms with Crippen molar-refractivity contribution >= 4 is 23.6 Å². The molecule has 2 N–H and O–H groups in total. The second-order valence-electron chi connectivity index (χ2n) is 9.20. The molecule has 0 aliphatic rings. The van der Waals surface area contributed by atoms with E-state index in [0.717, 1.165) is 38.2 Å². The van der Waals surface area contributed by atoms with E-state index >= 15 is 0 Å². The van der Waals surface area contributed by atoms with E-state index in [1.165, 1.54) is 51.0 Å². The van der Waals surface area contributed by atoms with E-state index in [-0.39, 0.29) is 6.42 Å². The minimum absolute atomic E-state index is 0.190. The minimum Gasteiger partial charge on any atom is -0.486 e. The summed E-state index contributed by atoms with van der Waals surface area (Å²) in [6, 6.07) is 6.48. The van der Waals surface area contributed by atoms with Gasteiger partial charge < -0.3 is 14.9 Å². The molecule has 0 amide bonds. The number of carboxylic acids is 1. The van der Waals surface area contributed by atoms with Crippen LogP contribution in [0.2, 0.25) is 0 Å². The predicted molar refractivity (Wildman–Crippen MR) is 144 cm³/mol. The van der Waals surface area contributed by atoms with E-state index in [1.807, 2.05) is 0 Å². The number of ketones is 2. The molecule has 0 saturated carbocycles. The minimum atomic E-state index is -1.65. The van der Waals surface area contributed by atoms with Crippen LogP contribution in [0, 0.1) is 0 Å². The first kappa shape index (κ1) is 31.3. The topological polar surface area (TPSA) is 101 Å². The number of allylic oxidation sites excluding steroid dienone is 2. The Morgan fingerprint density at radius 2 is 1.36 bits per heavy atom. The smallest absolute Gasteiger partial charge is 0.328 e. The number of ether oxygens (including phenoxy) is 1. The first-order chi connectivity index (χ1) is 17.4. The standard InChI is InChI=1S/C30H44O6/c1-2-3-4-5-6-7-8-9-10-11-12-13-14-15-16-17-27(31)30(35)28(32)24-36-26-21-18-25(19-22-26)20-23-29(33)34/h9-10,18-23,30,35H,2-8,11-17,24H2,1H3,(H,33,34)/b10-9-,23-20?. The van der Waals surface area contributed by atoms with Crippen LogP contribution in [0.15, 0.2) is 42.5 Å². The molecule has 1 atom stereocenters. The summed E-state index contributed by atoms with van der Waals surface area (Å²) in [6.07, 6.45) is 20.7. The molecule has 36 heavy (non-hydrogen) atoms. The Bertz CT molecular complexity index is 809. The first-order valence-electron chi connectivity index (χ1n) is 13.5. The maximum atomic E-state index is 12.1. The van der Waals surface area contributed by atoms with Crippen LogP contribution in [0.4, 0.5) is 0 Å². The highest BCUT2D eigenvalue weighted by Gasteiger charge is 2.23. The fourth-order valence-electron chi connectivity index (χ4n) is 3.76. The van der Waals surface area contributed by atoms with Crippen molar-refractivity contribution in [3.8, 4) is 5.75 Å². The number of hydrogen-bond donors (Lipinski definition) is 2. The van der Waals surface area contributed by atoms with Crippen LogP contribution in [-0.4, -0.2) is 40.5 Å². The van der Waals surface area contributed by atoms with Gasteiger partial charge >= 0.3 is 5.97 Å². The van der Waals surface area contributed by atoms with Crippen molar-refractivity contribution in [2.75, 3.05) is 6.61 Å². The maximum absolute atomic E-state index is 12.1. The van der Waals surface area contributed by atoms with Gasteiger partial charge in [-0.25, -0.2) is 4.79 Å². The lowest BCUT2D eigenvalue weighted by Crippen LogP contribution is -2.33. The van der Waals surface area contributed by atoms with Gasteiger partial charge in [-0.05, 0) is 55.9 Å². The number of rotatable bonds is 22. The highest BCUT2D eigenvalue weighted by molar-refractivity contribution is 6.05. The molecule has 0 saturated heterocycles. The van der Waals surface area contributed by atoms with Crippen molar-refractivity contribution in [1.82, 2.24) is 0 Å². The summed E-state index contributed by atoms with van der Waals surface area (Å²) in [4.78, 5) is 34.7. The van der Waals surface area contributed by atoms with E-state index in [1.54, 1.807) is 24.3 Å². The Kier molecular flexibility index (Phi) is 17.8. The molecule has 0 aromatic heterocycles. The number of hydrogen-bond acceptors (Lipinski definition) is 5. The van der Waals surface area contributed by atoms with Crippen molar-refractivity contribution in [3.63, 3.8) is 0 Å². The third-order valence-corrected chi connectivity index (χ3v) is 5.97. The van der Waals surface area contributed by atoms with Crippen LogP contribution in [0.3, 0.4) is 0 Å². The molecule has 0 heterocycles. The van der Waals surface area contributed by atoms with E-state index in [4.69, 9.17) is 9.84 Å². The number of aliphatic hydroxyl groups excluding tert-OH is 1. The van der Waals surface area contributed by atoms with Gasteiger partial charge in [-0.2, -0.15) is 0 Å². The summed E-state index contributed by atoms with van der Waals surface area (Å²) >= 11 is 0. The number of Topliss-reactive ketones (excluding diaryl/α,β-unsaturated/α-hetero) is 2. The van der Waals surface area contributed by atoms with E-state index in [0.29, 0.717) is 17.7 Å². The number of carboxylic acid groups (broad SMARTS) is 1. The lowest BCUT2D eigenvalue weighted by atomic mass is 10.0. The Labute approximate surface area is 216 Å². The molecule has 1 unspecified atom stereocenters. The van der Waals surface area contributed by atoms with Crippen molar-refractivity contribution in [2.24, 2.45) is 0 Å². The lowest BCUT2D eigenvalue weighted by Gasteiger charge is -2.10. The van der Waals surface area contributed by atoms with E-state index in [2.05, 4.69) is 19.1 Å². The van der Waals surface area contributed by atoms with Gasteiger partial charge in [-0.1, -0.05) is 82.6 Å². The SMILES string of the molecule is CCCCCCCC/C=C\CCCCCCCC(=O)C(O)C(=O)COc1ccc(C=CC(=O)O)cc1. The van der Waals surface area contributed by atoms with Crippen LogP contribution in [0.25, 0.3) is 6.08 Å². The van der Waals surface area contributed by atoms with E-state index in [9.17, 15) is 19.5 Å². The molecule has 0 radical (unpaired) electrons. The zero-order valence-corrected chi connectivity index (χ0v) is 21.8. The summed E-state index contributed by atoms with van der Waals surface area (Å²) in [7, 11) is 0. The highest BCUT2D eigenvalue weighted by Crippen LogP contribution is 2.14. The molecule has 6 nitrogen and oxygen atoms in total. The molecule has 1 aromatic rings. The van der Waals surface area contributed by atoms with Crippen molar-refractivity contribution in [3.05, 3.63) is 48.1 Å². The quantitative estimate of drug-likeness (QED) is 0.0795. The number of aliphatic carboxylic acids is 1. The third kappa shape index (κ3) is 16.0. The van der Waals surface area contributed by atoms with Gasteiger partial charge in [0.25, 0.3) is 0 Å². The van der Waals surface area contributed by atoms with Gasteiger partial charge in [0.15, 0.2) is 11.9 Å². The molecule has 0 spiro atoms. The number of benzene rings is 1. The van der Waals surface area contributed by atoms with Crippen molar-refractivity contribution < 1.29 is 29.3 Å². The molecular formula is C30H44O6. The molecule has 0 fully saturated rings. The molecule has 0 aliphatic carbocycles. The summed E-state index contributed by atoms with van der Waals surface area (Å²) in [6.45, 7) is 1.84. The van der Waals surface area contributed by atoms with Crippen molar-refractivity contribution in [1.29, 1.82) is 0 Å². The van der Waals surface area contributed by atoms with Gasteiger partial charge in [0.05, 0.1) is 0 Å². The van der Waals surface area contributed by atoms with Crippen molar-refractivity contribution in [2.45, 2.75) is 103 Å². The Balaban J connectivity index is 2.07. The Morgan fingerprint density at radius 1 is 0.806 bits per heavy atom. The zero-order valence-electron chi connectivity index (χ0n) is 21.8. The highest BCUT2D eigenvalue weighted by atomic mass is 16.5. The van der Waals surface area contributed by atoms with E-state index < -0.39 is 30.2 Å². The van der Waals surface area contributed by atoms with Gasteiger partial charge in [0, 0.05) is 12.5 Å². The first-order valence-corrected chi connectivity index (χ1v) is 13.5. The second-order valence-corrected chi connectivity index (χ2v) is 9.20.